The summed E-state index contributed by atoms with van der Waals surface area (Å²) in [6.07, 6.45) is 1.73. The van der Waals surface area contributed by atoms with Gasteiger partial charge in [0.05, 0.1) is 14.2 Å². The predicted octanol–water partition coefficient (Wildman–Crippen LogP) is 3.36. The van der Waals surface area contributed by atoms with Crippen molar-refractivity contribution in [2.24, 2.45) is 4.99 Å². The molecule has 0 atom stereocenters. The summed E-state index contributed by atoms with van der Waals surface area (Å²) in [4.78, 5) is 16.4. The van der Waals surface area contributed by atoms with E-state index in [9.17, 15) is 4.79 Å². The molecular weight excluding hydrogens is 306 g/mol. The van der Waals surface area contributed by atoms with E-state index in [-0.39, 0.29) is 11.6 Å². The maximum atomic E-state index is 12.1. The predicted molar refractivity (Wildman–Crippen MR) is 91.3 cm³/mol. The largest absolute Gasteiger partial charge is 0.493 e. The molecule has 5 nitrogen and oxygen atoms in total. The number of rotatable bonds is 4. The molecule has 0 radical (unpaired) electrons. The highest BCUT2D eigenvalue weighted by atomic mass is 16.6. The van der Waals surface area contributed by atoms with Crippen molar-refractivity contribution in [2.75, 3.05) is 14.2 Å². The van der Waals surface area contributed by atoms with Crippen molar-refractivity contribution in [1.82, 2.24) is 0 Å². The molecule has 0 unspecified atom stereocenters. The number of hydrogen-bond acceptors (Lipinski definition) is 5. The number of aryl methyl sites for hydroxylation is 1. The van der Waals surface area contributed by atoms with E-state index in [4.69, 9.17) is 14.2 Å². The third-order valence-corrected chi connectivity index (χ3v) is 3.73. The number of ether oxygens (including phenoxy) is 3. The first-order valence-electron chi connectivity index (χ1n) is 7.43. The van der Waals surface area contributed by atoms with E-state index in [1.807, 2.05) is 31.2 Å². The van der Waals surface area contributed by atoms with E-state index in [0.29, 0.717) is 17.1 Å². The molecule has 1 heterocycles. The molecule has 5 heteroatoms. The minimum Gasteiger partial charge on any atom is -0.493 e. The molecule has 0 saturated carbocycles. The van der Waals surface area contributed by atoms with Gasteiger partial charge in [-0.05, 0) is 42.3 Å². The van der Waals surface area contributed by atoms with Crippen molar-refractivity contribution >= 4 is 17.9 Å². The van der Waals surface area contributed by atoms with Crippen molar-refractivity contribution in [3.8, 4) is 11.5 Å². The van der Waals surface area contributed by atoms with Crippen LogP contribution in [0, 0.1) is 6.92 Å². The lowest BCUT2D eigenvalue weighted by Gasteiger charge is -2.08. The summed E-state index contributed by atoms with van der Waals surface area (Å²) in [5, 5.41) is 0. The van der Waals surface area contributed by atoms with Gasteiger partial charge in [0, 0.05) is 5.56 Å². The average Bonchev–Trinajstić information content (AvgIpc) is 2.97. The van der Waals surface area contributed by atoms with Crippen LogP contribution in [0.15, 0.2) is 53.2 Å². The topological polar surface area (TPSA) is 57.1 Å². The van der Waals surface area contributed by atoms with Gasteiger partial charge in [0.1, 0.15) is 0 Å². The van der Waals surface area contributed by atoms with Crippen LogP contribution in [-0.4, -0.2) is 26.1 Å². The molecule has 0 bridgehead atoms. The fourth-order valence-corrected chi connectivity index (χ4v) is 2.40. The third-order valence-electron chi connectivity index (χ3n) is 3.73. The van der Waals surface area contributed by atoms with Gasteiger partial charge >= 0.3 is 5.97 Å². The van der Waals surface area contributed by atoms with Crippen LogP contribution in [0.2, 0.25) is 0 Å². The SMILES string of the molecule is COc1ccc(C2=NC(=Cc3ccccc3C)C(=O)O2)cc1OC. The van der Waals surface area contributed by atoms with E-state index in [1.54, 1.807) is 38.5 Å². The van der Waals surface area contributed by atoms with Crippen LogP contribution in [0.25, 0.3) is 6.08 Å². The van der Waals surface area contributed by atoms with Crippen molar-refractivity contribution in [1.29, 1.82) is 0 Å². The zero-order valence-corrected chi connectivity index (χ0v) is 13.7. The van der Waals surface area contributed by atoms with Crippen LogP contribution < -0.4 is 9.47 Å². The Bertz CT molecular complexity index is 852. The molecule has 2 aromatic rings. The Morgan fingerprint density at radius 2 is 1.79 bits per heavy atom. The molecule has 0 N–H and O–H groups in total. The smallest absolute Gasteiger partial charge is 0.363 e. The summed E-state index contributed by atoms with van der Waals surface area (Å²) in [7, 11) is 3.11. The molecule has 0 saturated heterocycles. The van der Waals surface area contributed by atoms with E-state index in [2.05, 4.69) is 4.99 Å². The molecule has 0 aliphatic carbocycles. The molecular formula is C19H17NO4. The van der Waals surface area contributed by atoms with Gasteiger partial charge in [-0.25, -0.2) is 9.79 Å². The molecule has 0 amide bonds. The van der Waals surface area contributed by atoms with Gasteiger partial charge in [0.2, 0.25) is 5.90 Å². The van der Waals surface area contributed by atoms with Crippen LogP contribution in [-0.2, 0) is 9.53 Å². The average molecular weight is 323 g/mol. The molecule has 1 aliphatic rings. The lowest BCUT2D eigenvalue weighted by Crippen LogP contribution is -2.06. The molecule has 0 fully saturated rings. The zero-order chi connectivity index (χ0) is 17.1. The molecule has 122 valence electrons. The van der Waals surface area contributed by atoms with Gasteiger partial charge in [-0.15, -0.1) is 0 Å². The fraction of sp³-hybridized carbons (Fsp3) is 0.158. The van der Waals surface area contributed by atoms with E-state index < -0.39 is 5.97 Å². The summed E-state index contributed by atoms with van der Waals surface area (Å²) in [5.74, 6) is 0.927. The lowest BCUT2D eigenvalue weighted by molar-refractivity contribution is -0.129. The van der Waals surface area contributed by atoms with Gasteiger partial charge in [-0.3, -0.25) is 0 Å². The first-order valence-corrected chi connectivity index (χ1v) is 7.43. The summed E-state index contributed by atoms with van der Waals surface area (Å²) in [6, 6.07) is 13.0. The van der Waals surface area contributed by atoms with E-state index in [0.717, 1.165) is 11.1 Å². The Balaban J connectivity index is 1.96. The number of esters is 1. The molecule has 3 rings (SSSR count). The molecule has 24 heavy (non-hydrogen) atoms. The van der Waals surface area contributed by atoms with Crippen molar-refractivity contribution in [3.63, 3.8) is 0 Å². The van der Waals surface area contributed by atoms with Crippen LogP contribution in [0.3, 0.4) is 0 Å². The summed E-state index contributed by atoms with van der Waals surface area (Å²) >= 11 is 0. The lowest BCUT2D eigenvalue weighted by atomic mass is 10.1. The van der Waals surface area contributed by atoms with Gasteiger partial charge in [-0.1, -0.05) is 24.3 Å². The van der Waals surface area contributed by atoms with Crippen molar-refractivity contribution < 1.29 is 19.0 Å². The van der Waals surface area contributed by atoms with E-state index >= 15 is 0 Å². The number of benzene rings is 2. The minimum atomic E-state index is -0.469. The highest BCUT2D eigenvalue weighted by molar-refractivity contribution is 6.13. The Kier molecular flexibility index (Phi) is 4.33. The monoisotopic (exact) mass is 323 g/mol. The van der Waals surface area contributed by atoms with Crippen molar-refractivity contribution in [3.05, 3.63) is 64.9 Å². The van der Waals surface area contributed by atoms with Crippen LogP contribution in [0.1, 0.15) is 16.7 Å². The van der Waals surface area contributed by atoms with E-state index in [1.165, 1.54) is 0 Å². The third kappa shape index (κ3) is 3.01. The Morgan fingerprint density at radius 3 is 2.50 bits per heavy atom. The van der Waals surface area contributed by atoms with Crippen molar-refractivity contribution in [2.45, 2.75) is 6.92 Å². The molecule has 0 spiro atoms. The number of methoxy groups -OCH3 is 2. The van der Waals surface area contributed by atoms with Crippen LogP contribution in [0.4, 0.5) is 0 Å². The Labute approximate surface area is 140 Å². The quantitative estimate of drug-likeness (QED) is 0.639. The number of carbonyl (C=O) groups excluding carboxylic acids is 1. The Hall–Kier alpha value is -3.08. The first-order chi connectivity index (χ1) is 11.6. The minimum absolute atomic E-state index is 0.251. The second-order valence-corrected chi connectivity index (χ2v) is 5.26. The van der Waals surface area contributed by atoms with Crippen LogP contribution >= 0.6 is 0 Å². The molecule has 2 aromatic carbocycles. The zero-order valence-electron chi connectivity index (χ0n) is 13.7. The summed E-state index contributed by atoms with van der Waals surface area (Å²) in [5.41, 5.74) is 2.91. The second kappa shape index (κ2) is 6.58. The maximum absolute atomic E-state index is 12.1. The number of hydrogen-bond donors (Lipinski definition) is 0. The van der Waals surface area contributed by atoms with Crippen LogP contribution in [0.5, 0.6) is 11.5 Å². The first kappa shape index (κ1) is 15.8. The number of cyclic esters (lactones) is 1. The number of nitrogens with zero attached hydrogens (tertiary/aromatic N) is 1. The normalized spacial score (nSPS) is 15.2. The summed E-state index contributed by atoms with van der Waals surface area (Å²) < 4.78 is 15.8. The number of aliphatic imine (C=N–C) groups is 1. The second-order valence-electron chi connectivity index (χ2n) is 5.26. The highest BCUT2D eigenvalue weighted by Crippen LogP contribution is 2.29. The maximum Gasteiger partial charge on any atom is 0.363 e. The summed E-state index contributed by atoms with van der Waals surface area (Å²) in [6.45, 7) is 1.98. The van der Waals surface area contributed by atoms with Gasteiger partial charge in [0.25, 0.3) is 0 Å². The standard InChI is InChI=1S/C19H17NO4/c1-12-6-4-5-7-13(12)10-15-19(21)24-18(20-15)14-8-9-16(22-2)17(11-14)23-3/h4-11H,1-3H3. The molecule has 1 aliphatic heterocycles. The fourth-order valence-electron chi connectivity index (χ4n) is 2.40. The van der Waals surface area contributed by atoms with Gasteiger partial charge < -0.3 is 14.2 Å². The van der Waals surface area contributed by atoms with Gasteiger partial charge in [-0.2, -0.15) is 0 Å². The number of carbonyl (C=O) groups is 1. The van der Waals surface area contributed by atoms with Gasteiger partial charge in [0.15, 0.2) is 17.2 Å². The Morgan fingerprint density at radius 1 is 1.04 bits per heavy atom. The highest BCUT2D eigenvalue weighted by Gasteiger charge is 2.25. The molecule has 0 aromatic heterocycles.